The van der Waals surface area contributed by atoms with Crippen LogP contribution in [0.1, 0.15) is 17.4 Å². The summed E-state index contributed by atoms with van der Waals surface area (Å²) >= 11 is 0. The molecular weight excluding hydrogens is 202 g/mol. The molecule has 0 radical (unpaired) electrons. The highest BCUT2D eigenvalue weighted by Crippen LogP contribution is 2.19. The predicted octanol–water partition coefficient (Wildman–Crippen LogP) is 1.41. The first-order chi connectivity index (χ1) is 7.93. The van der Waals surface area contributed by atoms with Gasteiger partial charge in [0.25, 0.3) is 0 Å². The van der Waals surface area contributed by atoms with Crippen LogP contribution in [-0.2, 0) is 13.0 Å². The summed E-state index contributed by atoms with van der Waals surface area (Å²) in [6, 6.07) is 3.95. The van der Waals surface area contributed by atoms with E-state index in [-0.39, 0.29) is 0 Å². The van der Waals surface area contributed by atoms with Crippen molar-refractivity contribution in [2.75, 3.05) is 13.1 Å². The molecule has 0 bridgehead atoms. The van der Waals surface area contributed by atoms with Crippen molar-refractivity contribution < 1.29 is 4.42 Å². The van der Waals surface area contributed by atoms with Gasteiger partial charge < -0.3 is 14.3 Å². The third-order valence-corrected chi connectivity index (χ3v) is 3.12. The molecule has 3 heterocycles. The SMILES string of the molecule is c1coc(CCn2cncc2C2CNC2)c1. The highest BCUT2D eigenvalue weighted by molar-refractivity contribution is 5.12. The molecule has 1 saturated heterocycles. The number of rotatable bonds is 4. The maximum absolute atomic E-state index is 5.33. The Balaban J connectivity index is 1.67. The molecule has 3 rings (SSSR count). The molecule has 4 heteroatoms. The minimum Gasteiger partial charge on any atom is -0.469 e. The number of hydrogen-bond donors (Lipinski definition) is 1. The average Bonchev–Trinajstić information content (AvgIpc) is 2.82. The zero-order chi connectivity index (χ0) is 10.8. The first kappa shape index (κ1) is 9.66. The monoisotopic (exact) mass is 217 g/mol. The Bertz CT molecular complexity index is 443. The van der Waals surface area contributed by atoms with Gasteiger partial charge in [-0.1, -0.05) is 0 Å². The van der Waals surface area contributed by atoms with Gasteiger partial charge in [-0.2, -0.15) is 0 Å². The quantitative estimate of drug-likeness (QED) is 0.842. The van der Waals surface area contributed by atoms with Crippen molar-refractivity contribution in [1.29, 1.82) is 0 Å². The van der Waals surface area contributed by atoms with Crippen LogP contribution in [0, 0.1) is 0 Å². The average molecular weight is 217 g/mol. The second-order valence-corrected chi connectivity index (χ2v) is 4.20. The Morgan fingerprint density at radius 2 is 2.44 bits per heavy atom. The van der Waals surface area contributed by atoms with Gasteiger partial charge in [0, 0.05) is 43.9 Å². The molecule has 0 aromatic carbocycles. The van der Waals surface area contributed by atoms with Gasteiger partial charge in [0.15, 0.2) is 0 Å². The minimum absolute atomic E-state index is 0.638. The van der Waals surface area contributed by atoms with Crippen LogP contribution >= 0.6 is 0 Å². The molecule has 0 saturated carbocycles. The lowest BCUT2D eigenvalue weighted by atomic mass is 10.00. The summed E-state index contributed by atoms with van der Waals surface area (Å²) in [4.78, 5) is 4.23. The van der Waals surface area contributed by atoms with Crippen molar-refractivity contribution in [3.63, 3.8) is 0 Å². The molecule has 2 aromatic heterocycles. The number of nitrogens with zero attached hydrogens (tertiary/aromatic N) is 2. The van der Waals surface area contributed by atoms with Gasteiger partial charge in [0.1, 0.15) is 5.76 Å². The van der Waals surface area contributed by atoms with E-state index >= 15 is 0 Å². The minimum atomic E-state index is 0.638. The molecular formula is C12H15N3O. The zero-order valence-corrected chi connectivity index (χ0v) is 9.10. The largest absolute Gasteiger partial charge is 0.469 e. The van der Waals surface area contributed by atoms with E-state index in [1.165, 1.54) is 5.69 Å². The lowest BCUT2D eigenvalue weighted by Crippen LogP contribution is -2.40. The summed E-state index contributed by atoms with van der Waals surface area (Å²) in [6.45, 7) is 3.10. The number of imidazole rings is 1. The molecule has 1 aliphatic heterocycles. The van der Waals surface area contributed by atoms with Crippen molar-refractivity contribution in [1.82, 2.24) is 14.9 Å². The normalized spacial score (nSPS) is 16.2. The van der Waals surface area contributed by atoms with Crippen LogP contribution in [0.3, 0.4) is 0 Å². The Morgan fingerprint density at radius 1 is 1.50 bits per heavy atom. The van der Waals surface area contributed by atoms with E-state index in [1.807, 2.05) is 24.7 Å². The summed E-state index contributed by atoms with van der Waals surface area (Å²) < 4.78 is 7.56. The fraction of sp³-hybridized carbons (Fsp3) is 0.417. The molecule has 2 aromatic rings. The zero-order valence-electron chi connectivity index (χ0n) is 9.10. The number of aryl methyl sites for hydroxylation is 2. The van der Waals surface area contributed by atoms with Crippen molar-refractivity contribution in [3.8, 4) is 0 Å². The van der Waals surface area contributed by atoms with Gasteiger partial charge in [0.2, 0.25) is 0 Å². The van der Waals surface area contributed by atoms with E-state index in [0.29, 0.717) is 5.92 Å². The Hall–Kier alpha value is -1.55. The molecule has 84 valence electrons. The van der Waals surface area contributed by atoms with Crippen LogP contribution in [0.4, 0.5) is 0 Å². The van der Waals surface area contributed by atoms with Gasteiger partial charge in [-0.25, -0.2) is 4.98 Å². The van der Waals surface area contributed by atoms with Crippen LogP contribution < -0.4 is 5.32 Å². The van der Waals surface area contributed by atoms with Gasteiger partial charge in [0.05, 0.1) is 12.6 Å². The highest BCUT2D eigenvalue weighted by atomic mass is 16.3. The van der Waals surface area contributed by atoms with Gasteiger partial charge >= 0.3 is 0 Å². The van der Waals surface area contributed by atoms with Gasteiger partial charge in [-0.3, -0.25) is 0 Å². The summed E-state index contributed by atoms with van der Waals surface area (Å²) in [5.74, 6) is 1.67. The van der Waals surface area contributed by atoms with Crippen molar-refractivity contribution >= 4 is 0 Å². The number of furan rings is 1. The van der Waals surface area contributed by atoms with Crippen LogP contribution in [-0.4, -0.2) is 22.6 Å². The van der Waals surface area contributed by atoms with E-state index in [1.54, 1.807) is 6.26 Å². The van der Waals surface area contributed by atoms with E-state index in [2.05, 4.69) is 14.9 Å². The van der Waals surface area contributed by atoms with Crippen LogP contribution in [0.5, 0.6) is 0 Å². The van der Waals surface area contributed by atoms with Gasteiger partial charge in [-0.15, -0.1) is 0 Å². The maximum Gasteiger partial charge on any atom is 0.105 e. The summed E-state index contributed by atoms with van der Waals surface area (Å²) in [6.07, 6.45) is 6.54. The first-order valence-electron chi connectivity index (χ1n) is 5.66. The molecule has 0 spiro atoms. The smallest absolute Gasteiger partial charge is 0.105 e. The van der Waals surface area contributed by atoms with Crippen molar-refractivity contribution in [3.05, 3.63) is 42.4 Å². The Morgan fingerprint density at radius 3 is 3.12 bits per heavy atom. The Kier molecular flexibility index (Phi) is 2.50. The highest BCUT2D eigenvalue weighted by Gasteiger charge is 2.22. The van der Waals surface area contributed by atoms with E-state index in [9.17, 15) is 0 Å². The predicted molar refractivity (Wildman–Crippen MR) is 60.2 cm³/mol. The molecule has 0 amide bonds. The standard InChI is InChI=1S/C12H15N3O/c1-2-11(16-5-1)3-4-15-9-14-8-12(15)10-6-13-7-10/h1-2,5,8-10,13H,3-4,6-7H2. The summed E-state index contributed by atoms with van der Waals surface area (Å²) in [5.41, 5.74) is 1.34. The summed E-state index contributed by atoms with van der Waals surface area (Å²) in [7, 11) is 0. The third-order valence-electron chi connectivity index (χ3n) is 3.12. The van der Waals surface area contributed by atoms with Gasteiger partial charge in [-0.05, 0) is 12.1 Å². The maximum atomic E-state index is 5.33. The first-order valence-corrected chi connectivity index (χ1v) is 5.66. The molecule has 0 unspecified atom stereocenters. The second-order valence-electron chi connectivity index (χ2n) is 4.20. The lowest BCUT2D eigenvalue weighted by Gasteiger charge is -2.27. The third kappa shape index (κ3) is 1.76. The van der Waals surface area contributed by atoms with Crippen LogP contribution in [0.25, 0.3) is 0 Å². The number of hydrogen-bond acceptors (Lipinski definition) is 3. The molecule has 1 fully saturated rings. The van der Waals surface area contributed by atoms with Crippen LogP contribution in [0.15, 0.2) is 35.3 Å². The summed E-state index contributed by atoms with van der Waals surface area (Å²) in [5, 5.41) is 3.29. The lowest BCUT2D eigenvalue weighted by molar-refractivity contribution is 0.418. The topological polar surface area (TPSA) is 43.0 Å². The van der Waals surface area contributed by atoms with Crippen molar-refractivity contribution in [2.24, 2.45) is 0 Å². The number of aromatic nitrogens is 2. The fourth-order valence-electron chi connectivity index (χ4n) is 2.04. The molecule has 1 N–H and O–H groups in total. The Labute approximate surface area is 94.3 Å². The van der Waals surface area contributed by atoms with E-state index in [0.717, 1.165) is 31.8 Å². The molecule has 0 aliphatic carbocycles. The molecule has 0 atom stereocenters. The fourth-order valence-corrected chi connectivity index (χ4v) is 2.04. The van der Waals surface area contributed by atoms with E-state index in [4.69, 9.17) is 4.42 Å². The van der Waals surface area contributed by atoms with Crippen molar-refractivity contribution in [2.45, 2.75) is 18.9 Å². The molecule has 1 aliphatic rings. The molecule has 4 nitrogen and oxygen atoms in total. The number of nitrogens with one attached hydrogen (secondary N) is 1. The van der Waals surface area contributed by atoms with E-state index < -0.39 is 0 Å². The molecule has 16 heavy (non-hydrogen) atoms. The van der Waals surface area contributed by atoms with Crippen LogP contribution in [0.2, 0.25) is 0 Å². The second kappa shape index (κ2) is 4.14.